The van der Waals surface area contributed by atoms with E-state index < -0.39 is 0 Å². The van der Waals surface area contributed by atoms with Crippen LogP contribution in [0.4, 0.5) is 0 Å². The molecule has 116 valence electrons. The van der Waals surface area contributed by atoms with Crippen LogP contribution in [0, 0.1) is 11.8 Å². The minimum absolute atomic E-state index is 0.0626. The van der Waals surface area contributed by atoms with Crippen molar-refractivity contribution in [2.24, 2.45) is 17.6 Å². The SMILES string of the molecule is NCC1CCCN1C(=O)CN1C(=O)C2CCCCC2C1=O. The van der Waals surface area contributed by atoms with Crippen LogP contribution in [0.2, 0.25) is 0 Å². The Morgan fingerprint density at radius 2 is 1.67 bits per heavy atom. The number of carbonyl (C=O) groups is 3. The van der Waals surface area contributed by atoms with Crippen molar-refractivity contribution >= 4 is 17.7 Å². The van der Waals surface area contributed by atoms with Gasteiger partial charge >= 0.3 is 0 Å². The summed E-state index contributed by atoms with van der Waals surface area (Å²) in [7, 11) is 0. The molecule has 3 fully saturated rings. The smallest absolute Gasteiger partial charge is 0.243 e. The first kappa shape index (κ1) is 14.5. The minimum atomic E-state index is -0.178. The van der Waals surface area contributed by atoms with Gasteiger partial charge in [-0.05, 0) is 25.7 Å². The van der Waals surface area contributed by atoms with Crippen LogP contribution in [-0.4, -0.2) is 53.2 Å². The Bertz CT molecular complexity index is 441. The Hall–Kier alpha value is -1.43. The quantitative estimate of drug-likeness (QED) is 0.749. The number of amides is 3. The number of likely N-dealkylation sites (tertiary alicyclic amines) is 2. The van der Waals surface area contributed by atoms with Gasteiger partial charge in [-0.1, -0.05) is 12.8 Å². The third kappa shape index (κ3) is 2.46. The first-order valence-electron chi connectivity index (χ1n) is 7.98. The van der Waals surface area contributed by atoms with Gasteiger partial charge in [0, 0.05) is 19.1 Å². The molecule has 0 aromatic rings. The highest BCUT2D eigenvalue weighted by Gasteiger charge is 2.49. The molecule has 2 saturated heterocycles. The lowest BCUT2D eigenvalue weighted by Crippen LogP contribution is -2.46. The molecule has 0 aromatic heterocycles. The van der Waals surface area contributed by atoms with Crippen molar-refractivity contribution in [1.82, 2.24) is 9.80 Å². The normalized spacial score (nSPS) is 32.7. The van der Waals surface area contributed by atoms with Crippen LogP contribution >= 0.6 is 0 Å². The molecule has 1 aliphatic carbocycles. The summed E-state index contributed by atoms with van der Waals surface area (Å²) in [4.78, 5) is 40.1. The summed E-state index contributed by atoms with van der Waals surface area (Å²) in [5.41, 5.74) is 5.68. The van der Waals surface area contributed by atoms with Gasteiger partial charge in [-0.3, -0.25) is 19.3 Å². The molecule has 6 heteroatoms. The van der Waals surface area contributed by atoms with Crippen molar-refractivity contribution in [2.45, 2.75) is 44.6 Å². The largest absolute Gasteiger partial charge is 0.337 e. The highest BCUT2D eigenvalue weighted by molar-refractivity contribution is 6.07. The molecular weight excluding hydrogens is 270 g/mol. The van der Waals surface area contributed by atoms with Crippen molar-refractivity contribution in [1.29, 1.82) is 0 Å². The van der Waals surface area contributed by atoms with Crippen molar-refractivity contribution in [3.05, 3.63) is 0 Å². The van der Waals surface area contributed by atoms with E-state index in [0.717, 1.165) is 38.5 Å². The van der Waals surface area contributed by atoms with E-state index in [-0.39, 0.29) is 42.1 Å². The van der Waals surface area contributed by atoms with Crippen LogP contribution in [0.1, 0.15) is 38.5 Å². The molecule has 3 unspecified atom stereocenters. The molecule has 3 amide bonds. The molecule has 2 N–H and O–H groups in total. The second-order valence-corrected chi connectivity index (χ2v) is 6.38. The molecule has 3 aliphatic rings. The van der Waals surface area contributed by atoms with Gasteiger partial charge < -0.3 is 10.6 Å². The number of carbonyl (C=O) groups excluding carboxylic acids is 3. The number of hydrogen-bond donors (Lipinski definition) is 1. The summed E-state index contributed by atoms with van der Waals surface area (Å²) in [6.07, 6.45) is 5.44. The highest BCUT2D eigenvalue weighted by Crippen LogP contribution is 2.38. The van der Waals surface area contributed by atoms with E-state index in [1.807, 2.05) is 0 Å². The Labute approximate surface area is 124 Å². The third-order valence-electron chi connectivity index (χ3n) is 5.20. The number of hydrogen-bond acceptors (Lipinski definition) is 4. The zero-order valence-electron chi connectivity index (χ0n) is 12.3. The lowest BCUT2D eigenvalue weighted by Gasteiger charge is -2.25. The molecule has 6 nitrogen and oxygen atoms in total. The fourth-order valence-corrected chi connectivity index (χ4v) is 4.02. The number of rotatable bonds is 3. The summed E-state index contributed by atoms with van der Waals surface area (Å²) in [5.74, 6) is -0.766. The monoisotopic (exact) mass is 293 g/mol. The van der Waals surface area contributed by atoms with Crippen molar-refractivity contribution < 1.29 is 14.4 Å². The second-order valence-electron chi connectivity index (χ2n) is 6.38. The van der Waals surface area contributed by atoms with E-state index in [9.17, 15) is 14.4 Å². The van der Waals surface area contributed by atoms with Crippen LogP contribution in [-0.2, 0) is 14.4 Å². The van der Waals surface area contributed by atoms with Crippen molar-refractivity contribution in [3.8, 4) is 0 Å². The maximum atomic E-state index is 12.4. The maximum Gasteiger partial charge on any atom is 0.243 e. The average molecular weight is 293 g/mol. The van der Waals surface area contributed by atoms with Gasteiger partial charge in [0.05, 0.1) is 11.8 Å². The number of nitrogens with two attached hydrogens (primary N) is 1. The van der Waals surface area contributed by atoms with Gasteiger partial charge in [-0.25, -0.2) is 0 Å². The molecule has 2 aliphatic heterocycles. The molecule has 1 saturated carbocycles. The predicted octanol–water partition coefficient (Wildman–Crippen LogP) is 0.111. The predicted molar refractivity (Wildman–Crippen MR) is 76.0 cm³/mol. The average Bonchev–Trinajstić information content (AvgIpc) is 3.07. The topological polar surface area (TPSA) is 83.7 Å². The van der Waals surface area contributed by atoms with Crippen LogP contribution < -0.4 is 5.73 Å². The zero-order valence-corrected chi connectivity index (χ0v) is 12.3. The molecule has 0 spiro atoms. The molecular formula is C15H23N3O3. The van der Waals surface area contributed by atoms with Gasteiger partial charge in [-0.15, -0.1) is 0 Å². The Morgan fingerprint density at radius 1 is 1.05 bits per heavy atom. The molecule has 3 rings (SSSR count). The standard InChI is InChI=1S/C15H23N3O3/c16-8-10-4-3-7-17(10)13(19)9-18-14(20)11-5-1-2-6-12(11)15(18)21/h10-12H,1-9,16H2. The van der Waals surface area contributed by atoms with Gasteiger partial charge in [0.25, 0.3) is 0 Å². The summed E-state index contributed by atoms with van der Waals surface area (Å²) >= 11 is 0. The highest BCUT2D eigenvalue weighted by atomic mass is 16.2. The van der Waals surface area contributed by atoms with E-state index in [0.29, 0.717) is 13.1 Å². The van der Waals surface area contributed by atoms with E-state index >= 15 is 0 Å². The van der Waals surface area contributed by atoms with E-state index in [1.165, 1.54) is 4.90 Å². The van der Waals surface area contributed by atoms with Crippen LogP contribution in [0.3, 0.4) is 0 Å². The third-order valence-corrected chi connectivity index (χ3v) is 5.20. The molecule has 0 aromatic carbocycles. The Kier molecular flexibility index (Phi) is 3.97. The Balaban J connectivity index is 1.68. The van der Waals surface area contributed by atoms with Gasteiger partial charge in [0.1, 0.15) is 6.54 Å². The van der Waals surface area contributed by atoms with Crippen molar-refractivity contribution in [3.63, 3.8) is 0 Å². The summed E-state index contributed by atoms with van der Waals surface area (Å²) < 4.78 is 0. The molecule has 2 heterocycles. The molecule has 21 heavy (non-hydrogen) atoms. The fourth-order valence-electron chi connectivity index (χ4n) is 4.02. The number of imide groups is 1. The zero-order chi connectivity index (χ0) is 15.0. The van der Waals surface area contributed by atoms with Gasteiger partial charge in [0.15, 0.2) is 0 Å². The van der Waals surface area contributed by atoms with Gasteiger partial charge in [0.2, 0.25) is 17.7 Å². The lowest BCUT2D eigenvalue weighted by molar-refractivity contribution is -0.146. The summed E-state index contributed by atoms with van der Waals surface area (Å²) in [6.45, 7) is 1.03. The van der Waals surface area contributed by atoms with Crippen LogP contribution in [0.5, 0.6) is 0 Å². The lowest BCUT2D eigenvalue weighted by atomic mass is 9.81. The molecule has 3 atom stereocenters. The first-order chi connectivity index (χ1) is 10.1. The second kappa shape index (κ2) is 5.75. The molecule has 0 radical (unpaired) electrons. The van der Waals surface area contributed by atoms with Crippen LogP contribution in [0.15, 0.2) is 0 Å². The number of fused-ring (bicyclic) bond motifs is 1. The van der Waals surface area contributed by atoms with E-state index in [2.05, 4.69) is 0 Å². The van der Waals surface area contributed by atoms with Gasteiger partial charge in [-0.2, -0.15) is 0 Å². The summed E-state index contributed by atoms with van der Waals surface area (Å²) in [5, 5.41) is 0. The Morgan fingerprint density at radius 3 is 2.24 bits per heavy atom. The van der Waals surface area contributed by atoms with E-state index in [1.54, 1.807) is 4.90 Å². The fraction of sp³-hybridized carbons (Fsp3) is 0.800. The first-order valence-corrected chi connectivity index (χ1v) is 7.98. The molecule has 0 bridgehead atoms. The van der Waals surface area contributed by atoms with Crippen molar-refractivity contribution in [2.75, 3.05) is 19.6 Å². The maximum absolute atomic E-state index is 12.4. The minimum Gasteiger partial charge on any atom is -0.337 e. The summed E-state index contributed by atoms with van der Waals surface area (Å²) in [6, 6.07) is 0.0626. The number of nitrogens with zero attached hydrogens (tertiary/aromatic N) is 2. The van der Waals surface area contributed by atoms with E-state index in [4.69, 9.17) is 5.73 Å². The van der Waals surface area contributed by atoms with Crippen LogP contribution in [0.25, 0.3) is 0 Å².